The normalized spacial score (nSPS) is 9.93. The molecule has 0 saturated heterocycles. The summed E-state index contributed by atoms with van der Waals surface area (Å²) in [6.45, 7) is 0.784. The molecule has 2 aromatic rings. The van der Waals surface area contributed by atoms with Crippen LogP contribution >= 0.6 is 0 Å². The van der Waals surface area contributed by atoms with E-state index in [4.69, 9.17) is 0 Å². The zero-order valence-corrected chi connectivity index (χ0v) is 8.54. The van der Waals surface area contributed by atoms with Crippen LogP contribution in [0.5, 0.6) is 0 Å². The van der Waals surface area contributed by atoms with E-state index in [0.717, 1.165) is 17.9 Å². The van der Waals surface area contributed by atoms with Gasteiger partial charge < -0.3 is 4.90 Å². The van der Waals surface area contributed by atoms with E-state index in [2.05, 4.69) is 15.0 Å². The Morgan fingerprint density at radius 1 is 1.13 bits per heavy atom. The highest BCUT2D eigenvalue weighted by Crippen LogP contribution is 2.09. The first-order chi connectivity index (χ1) is 7.36. The predicted octanol–water partition coefficient (Wildman–Crippen LogP) is 1.51. The lowest BCUT2D eigenvalue weighted by molar-refractivity contribution is 0.884. The first-order valence-electron chi connectivity index (χ1n) is 4.72. The molecule has 0 aromatic carbocycles. The molecule has 0 saturated carbocycles. The molecular weight excluding hydrogens is 188 g/mol. The van der Waals surface area contributed by atoms with E-state index in [-0.39, 0.29) is 0 Å². The average molecular weight is 200 g/mol. The van der Waals surface area contributed by atoms with Crippen LogP contribution < -0.4 is 4.90 Å². The van der Waals surface area contributed by atoms with E-state index in [1.54, 1.807) is 24.8 Å². The summed E-state index contributed by atoms with van der Waals surface area (Å²) < 4.78 is 0. The van der Waals surface area contributed by atoms with Crippen LogP contribution in [0.25, 0.3) is 0 Å². The van der Waals surface area contributed by atoms with Crippen molar-refractivity contribution in [2.75, 3.05) is 11.9 Å². The minimum absolute atomic E-state index is 0.784. The van der Waals surface area contributed by atoms with Gasteiger partial charge in [0.05, 0.1) is 6.20 Å². The lowest BCUT2D eigenvalue weighted by atomic mass is 10.3. The first kappa shape index (κ1) is 9.58. The Morgan fingerprint density at radius 2 is 2.00 bits per heavy atom. The Hall–Kier alpha value is -1.97. The van der Waals surface area contributed by atoms with E-state index >= 15 is 0 Å². The smallest absolute Gasteiger partial charge is 0.147 e. The highest BCUT2D eigenvalue weighted by molar-refractivity contribution is 5.34. The predicted molar refractivity (Wildman–Crippen MR) is 58.4 cm³/mol. The third-order valence-corrected chi connectivity index (χ3v) is 2.08. The molecule has 15 heavy (non-hydrogen) atoms. The molecule has 0 radical (unpaired) electrons. The van der Waals surface area contributed by atoms with Crippen LogP contribution in [0, 0.1) is 0 Å². The molecule has 4 heteroatoms. The number of nitrogens with zero attached hydrogens (tertiary/aromatic N) is 4. The first-order valence-corrected chi connectivity index (χ1v) is 4.72. The summed E-state index contributed by atoms with van der Waals surface area (Å²) in [6, 6.07) is 3.97. The van der Waals surface area contributed by atoms with Crippen LogP contribution in [0.4, 0.5) is 5.82 Å². The van der Waals surface area contributed by atoms with Gasteiger partial charge in [-0.25, -0.2) is 4.98 Å². The van der Waals surface area contributed by atoms with Crippen molar-refractivity contribution in [3.05, 3.63) is 48.7 Å². The van der Waals surface area contributed by atoms with E-state index in [1.165, 1.54) is 0 Å². The maximum absolute atomic E-state index is 4.22. The van der Waals surface area contributed by atoms with Gasteiger partial charge >= 0.3 is 0 Å². The standard InChI is InChI=1S/C11H12N4/c1-15(11-8-13-5-6-14-11)9-10-3-2-4-12-7-10/h2-8H,9H2,1H3. The lowest BCUT2D eigenvalue weighted by Crippen LogP contribution is -2.17. The van der Waals surface area contributed by atoms with Crippen molar-refractivity contribution in [3.63, 3.8) is 0 Å². The molecule has 0 aliphatic rings. The fraction of sp³-hybridized carbons (Fsp3) is 0.182. The Kier molecular flexibility index (Phi) is 2.88. The van der Waals surface area contributed by atoms with Gasteiger partial charge in [-0.05, 0) is 11.6 Å². The molecule has 0 amide bonds. The van der Waals surface area contributed by atoms with Crippen molar-refractivity contribution in [1.29, 1.82) is 0 Å². The summed E-state index contributed by atoms with van der Waals surface area (Å²) in [6.07, 6.45) is 8.73. The summed E-state index contributed by atoms with van der Waals surface area (Å²) in [5.74, 6) is 0.862. The third kappa shape index (κ3) is 2.49. The number of rotatable bonds is 3. The Labute approximate surface area is 88.6 Å². The minimum atomic E-state index is 0.784. The van der Waals surface area contributed by atoms with Gasteiger partial charge in [0.1, 0.15) is 5.82 Å². The minimum Gasteiger partial charge on any atom is -0.354 e. The summed E-state index contributed by atoms with van der Waals surface area (Å²) in [4.78, 5) is 14.3. The van der Waals surface area contributed by atoms with E-state index in [1.807, 2.05) is 30.3 Å². The van der Waals surface area contributed by atoms with Crippen molar-refractivity contribution in [1.82, 2.24) is 15.0 Å². The molecule has 0 aliphatic heterocycles. The van der Waals surface area contributed by atoms with Gasteiger partial charge in [0.2, 0.25) is 0 Å². The molecule has 2 heterocycles. The van der Waals surface area contributed by atoms with E-state index in [9.17, 15) is 0 Å². The highest BCUT2D eigenvalue weighted by atomic mass is 15.2. The second-order valence-corrected chi connectivity index (χ2v) is 3.28. The Bertz CT molecular complexity index is 401. The van der Waals surface area contributed by atoms with Crippen LogP contribution in [0.15, 0.2) is 43.1 Å². The lowest BCUT2D eigenvalue weighted by Gasteiger charge is -2.16. The molecule has 0 N–H and O–H groups in total. The maximum atomic E-state index is 4.22. The number of pyridine rings is 1. The molecule has 0 unspecified atom stereocenters. The van der Waals surface area contributed by atoms with Crippen LogP contribution in [0.2, 0.25) is 0 Å². The van der Waals surface area contributed by atoms with Crippen molar-refractivity contribution in [2.24, 2.45) is 0 Å². The summed E-state index contributed by atoms with van der Waals surface area (Å²) in [5.41, 5.74) is 1.16. The van der Waals surface area contributed by atoms with Crippen molar-refractivity contribution in [3.8, 4) is 0 Å². The van der Waals surface area contributed by atoms with E-state index in [0.29, 0.717) is 0 Å². The fourth-order valence-corrected chi connectivity index (χ4v) is 1.33. The van der Waals surface area contributed by atoms with Crippen LogP contribution in [0.1, 0.15) is 5.56 Å². The number of hydrogen-bond donors (Lipinski definition) is 0. The average Bonchev–Trinajstić information content (AvgIpc) is 2.31. The molecule has 2 aromatic heterocycles. The third-order valence-electron chi connectivity index (χ3n) is 2.08. The summed E-state index contributed by atoms with van der Waals surface area (Å²) in [7, 11) is 1.98. The van der Waals surface area contributed by atoms with Crippen molar-refractivity contribution >= 4 is 5.82 Å². The monoisotopic (exact) mass is 200 g/mol. The van der Waals surface area contributed by atoms with Crippen molar-refractivity contribution < 1.29 is 0 Å². The molecule has 0 fully saturated rings. The zero-order valence-electron chi connectivity index (χ0n) is 8.54. The molecular formula is C11H12N4. The number of aromatic nitrogens is 3. The van der Waals surface area contributed by atoms with Gasteiger partial charge in [0.25, 0.3) is 0 Å². The second kappa shape index (κ2) is 4.50. The van der Waals surface area contributed by atoms with Crippen LogP contribution in [0.3, 0.4) is 0 Å². The van der Waals surface area contributed by atoms with Gasteiger partial charge in [-0.15, -0.1) is 0 Å². The SMILES string of the molecule is CN(Cc1cccnc1)c1cnccn1. The Balaban J connectivity index is 2.08. The molecule has 4 nitrogen and oxygen atoms in total. The van der Waals surface area contributed by atoms with Crippen LogP contribution in [-0.2, 0) is 6.54 Å². The Morgan fingerprint density at radius 3 is 2.67 bits per heavy atom. The highest BCUT2D eigenvalue weighted by Gasteiger charge is 2.02. The van der Waals surface area contributed by atoms with Crippen LogP contribution in [-0.4, -0.2) is 22.0 Å². The van der Waals surface area contributed by atoms with Gasteiger partial charge in [-0.1, -0.05) is 6.07 Å². The van der Waals surface area contributed by atoms with E-state index < -0.39 is 0 Å². The van der Waals surface area contributed by atoms with Gasteiger partial charge in [-0.3, -0.25) is 9.97 Å². The molecule has 0 bridgehead atoms. The molecule has 76 valence electrons. The van der Waals surface area contributed by atoms with Crippen molar-refractivity contribution in [2.45, 2.75) is 6.54 Å². The van der Waals surface area contributed by atoms with Gasteiger partial charge in [0, 0.05) is 38.4 Å². The van der Waals surface area contributed by atoms with Gasteiger partial charge in [0.15, 0.2) is 0 Å². The molecule has 0 aliphatic carbocycles. The largest absolute Gasteiger partial charge is 0.354 e. The zero-order chi connectivity index (χ0) is 10.5. The maximum Gasteiger partial charge on any atom is 0.147 e. The quantitative estimate of drug-likeness (QED) is 0.753. The number of hydrogen-bond acceptors (Lipinski definition) is 4. The summed E-state index contributed by atoms with van der Waals surface area (Å²) >= 11 is 0. The molecule has 0 atom stereocenters. The van der Waals surface area contributed by atoms with Gasteiger partial charge in [-0.2, -0.15) is 0 Å². The number of anilines is 1. The summed E-state index contributed by atoms with van der Waals surface area (Å²) in [5, 5.41) is 0. The molecule has 2 rings (SSSR count). The second-order valence-electron chi connectivity index (χ2n) is 3.28. The topological polar surface area (TPSA) is 41.9 Å². The molecule has 0 spiro atoms. The fourth-order valence-electron chi connectivity index (χ4n) is 1.33.